The summed E-state index contributed by atoms with van der Waals surface area (Å²) in [6, 6.07) is 18.7. The molecular weight excluding hydrogens is 464 g/mol. The fourth-order valence-corrected chi connectivity index (χ4v) is 4.32. The number of aromatic nitrogens is 2. The Balaban J connectivity index is 1.43. The van der Waals surface area contributed by atoms with Gasteiger partial charge in [-0.15, -0.1) is 0 Å². The van der Waals surface area contributed by atoms with Crippen LogP contribution in [0.2, 0.25) is 0 Å². The number of carbonyl (C=O) groups is 1. The van der Waals surface area contributed by atoms with Gasteiger partial charge in [0.15, 0.2) is 16.6 Å². The number of rotatable bonds is 10. The number of methoxy groups -OCH3 is 1. The van der Waals surface area contributed by atoms with Crippen LogP contribution >= 0.6 is 11.3 Å². The maximum atomic E-state index is 12.8. The van der Waals surface area contributed by atoms with E-state index in [4.69, 9.17) is 14.2 Å². The predicted molar refractivity (Wildman–Crippen MR) is 136 cm³/mol. The summed E-state index contributed by atoms with van der Waals surface area (Å²) in [5.74, 6) is 1.54. The molecule has 4 aromatic rings. The van der Waals surface area contributed by atoms with Crippen molar-refractivity contribution in [1.82, 2.24) is 9.55 Å². The van der Waals surface area contributed by atoms with Crippen LogP contribution in [0, 0.1) is 11.3 Å². The van der Waals surface area contributed by atoms with E-state index in [0.717, 1.165) is 16.0 Å². The van der Waals surface area contributed by atoms with Crippen molar-refractivity contribution in [2.75, 3.05) is 25.6 Å². The molecule has 2 aromatic heterocycles. The van der Waals surface area contributed by atoms with E-state index < -0.39 is 5.91 Å². The van der Waals surface area contributed by atoms with Crippen molar-refractivity contribution < 1.29 is 19.0 Å². The van der Waals surface area contributed by atoms with Crippen LogP contribution in [0.25, 0.3) is 16.3 Å². The molecule has 1 amide bonds. The quantitative estimate of drug-likeness (QED) is 0.245. The Morgan fingerprint density at radius 3 is 2.77 bits per heavy atom. The number of nitrogens with zero attached hydrogens (tertiary/aromatic N) is 3. The number of hydrogen-bond donors (Lipinski definition) is 1. The number of carbonyl (C=O) groups excluding carboxylic acids is 1. The Labute approximate surface area is 207 Å². The van der Waals surface area contributed by atoms with E-state index in [2.05, 4.69) is 10.3 Å². The predicted octanol–water partition coefficient (Wildman–Crippen LogP) is 5.13. The van der Waals surface area contributed by atoms with E-state index in [0.29, 0.717) is 42.1 Å². The largest absolute Gasteiger partial charge is 0.494 e. The highest BCUT2D eigenvalue weighted by Gasteiger charge is 2.14. The number of thiazole rings is 1. The molecule has 1 N–H and O–H groups in total. The first-order valence-electron chi connectivity index (χ1n) is 11.0. The molecule has 0 unspecified atom stereocenters. The van der Waals surface area contributed by atoms with Crippen LogP contribution in [0.1, 0.15) is 12.6 Å². The molecule has 4 rings (SSSR count). The second-order valence-corrected chi connectivity index (χ2v) is 8.36. The Bertz CT molecular complexity index is 1400. The van der Waals surface area contributed by atoms with Crippen molar-refractivity contribution in [2.24, 2.45) is 0 Å². The van der Waals surface area contributed by atoms with E-state index in [-0.39, 0.29) is 5.57 Å². The fraction of sp³-hybridized carbons (Fsp3) is 0.192. The normalized spacial score (nSPS) is 11.2. The fourth-order valence-electron chi connectivity index (χ4n) is 3.43. The average molecular weight is 489 g/mol. The molecule has 35 heavy (non-hydrogen) atoms. The number of fused-ring (bicyclic) bond motifs is 1. The SMILES string of the molecule is CCOc1ccc2nc(NC(=O)/C(C#N)=C/c3cccn3CCOc3ccccc3OC)sc2c1. The van der Waals surface area contributed by atoms with Crippen molar-refractivity contribution in [1.29, 1.82) is 5.26 Å². The minimum Gasteiger partial charge on any atom is -0.494 e. The third kappa shape index (κ3) is 5.80. The highest BCUT2D eigenvalue weighted by atomic mass is 32.1. The lowest BCUT2D eigenvalue weighted by Crippen LogP contribution is -2.14. The van der Waals surface area contributed by atoms with Gasteiger partial charge in [-0.1, -0.05) is 23.5 Å². The zero-order valence-corrected chi connectivity index (χ0v) is 20.2. The van der Waals surface area contributed by atoms with Gasteiger partial charge in [-0.05, 0) is 55.5 Å². The number of nitriles is 1. The van der Waals surface area contributed by atoms with Crippen molar-refractivity contribution >= 4 is 38.7 Å². The molecule has 0 bridgehead atoms. The molecule has 8 nitrogen and oxygen atoms in total. The van der Waals surface area contributed by atoms with Gasteiger partial charge < -0.3 is 18.8 Å². The summed E-state index contributed by atoms with van der Waals surface area (Å²) in [5.41, 5.74) is 1.44. The molecule has 0 saturated carbocycles. The van der Waals surface area contributed by atoms with E-state index in [1.807, 2.05) is 78.4 Å². The second-order valence-electron chi connectivity index (χ2n) is 7.33. The summed E-state index contributed by atoms with van der Waals surface area (Å²) >= 11 is 1.32. The van der Waals surface area contributed by atoms with Crippen molar-refractivity contribution in [3.8, 4) is 23.3 Å². The number of ether oxygens (including phenoxy) is 3. The van der Waals surface area contributed by atoms with Crippen molar-refractivity contribution in [2.45, 2.75) is 13.5 Å². The number of benzene rings is 2. The minimum atomic E-state index is -0.519. The maximum absolute atomic E-state index is 12.8. The van der Waals surface area contributed by atoms with Gasteiger partial charge in [-0.3, -0.25) is 10.1 Å². The van der Waals surface area contributed by atoms with Gasteiger partial charge in [0.05, 0.1) is 30.5 Å². The summed E-state index contributed by atoms with van der Waals surface area (Å²) in [6.45, 7) is 3.40. The van der Waals surface area contributed by atoms with Gasteiger partial charge in [0.1, 0.15) is 24.0 Å². The van der Waals surface area contributed by atoms with Gasteiger partial charge in [-0.25, -0.2) is 4.98 Å². The summed E-state index contributed by atoms with van der Waals surface area (Å²) in [4.78, 5) is 17.2. The van der Waals surface area contributed by atoms with Crippen LogP contribution in [0.15, 0.2) is 66.4 Å². The van der Waals surface area contributed by atoms with Gasteiger partial charge in [0.2, 0.25) is 0 Å². The van der Waals surface area contributed by atoms with Crippen molar-refractivity contribution in [3.05, 3.63) is 72.1 Å². The molecular formula is C26H24N4O4S. The molecule has 0 atom stereocenters. The monoisotopic (exact) mass is 488 g/mol. The Hall–Kier alpha value is -4.29. The molecule has 178 valence electrons. The van der Waals surface area contributed by atoms with Gasteiger partial charge in [0.25, 0.3) is 5.91 Å². The zero-order chi connectivity index (χ0) is 24.6. The lowest BCUT2D eigenvalue weighted by atomic mass is 10.2. The average Bonchev–Trinajstić information content (AvgIpc) is 3.48. The Kier molecular flexibility index (Phi) is 7.65. The van der Waals surface area contributed by atoms with Crippen LogP contribution < -0.4 is 19.5 Å². The highest BCUT2D eigenvalue weighted by molar-refractivity contribution is 7.22. The number of amides is 1. The molecule has 2 heterocycles. The molecule has 0 fully saturated rings. The van der Waals surface area contributed by atoms with Gasteiger partial charge >= 0.3 is 0 Å². The molecule has 0 aliphatic heterocycles. The first kappa shape index (κ1) is 23.9. The summed E-state index contributed by atoms with van der Waals surface area (Å²) in [6.07, 6.45) is 3.42. The standard InChI is InChI=1S/C26H24N4O4S/c1-3-33-20-10-11-21-24(16-20)35-26(28-21)29-25(31)18(17-27)15-19-7-6-12-30(19)13-14-34-23-9-5-4-8-22(23)32-2/h4-12,15-16H,3,13-14H2,1-2H3,(H,28,29,31)/b18-15+. The molecule has 0 aliphatic rings. The topological polar surface area (TPSA) is 98.4 Å². The van der Waals surface area contributed by atoms with Crippen molar-refractivity contribution in [3.63, 3.8) is 0 Å². The number of hydrogen-bond acceptors (Lipinski definition) is 7. The molecule has 9 heteroatoms. The lowest BCUT2D eigenvalue weighted by Gasteiger charge is -2.12. The van der Waals surface area contributed by atoms with Crippen LogP contribution in [0.4, 0.5) is 5.13 Å². The third-order valence-corrected chi connectivity index (χ3v) is 6.01. The molecule has 0 aliphatic carbocycles. The lowest BCUT2D eigenvalue weighted by molar-refractivity contribution is -0.112. The number of nitrogens with one attached hydrogen (secondary N) is 1. The summed E-state index contributed by atoms with van der Waals surface area (Å²) in [7, 11) is 1.60. The van der Waals surface area contributed by atoms with Crippen LogP contribution in [0.5, 0.6) is 17.2 Å². The number of anilines is 1. The van der Waals surface area contributed by atoms with Crippen LogP contribution in [0.3, 0.4) is 0 Å². The minimum absolute atomic E-state index is 0.0233. The van der Waals surface area contributed by atoms with E-state index in [1.54, 1.807) is 13.2 Å². The maximum Gasteiger partial charge on any atom is 0.268 e. The van der Waals surface area contributed by atoms with E-state index in [9.17, 15) is 10.1 Å². The summed E-state index contributed by atoms with van der Waals surface area (Å²) in [5, 5.41) is 12.8. The zero-order valence-electron chi connectivity index (χ0n) is 19.4. The molecule has 2 aromatic carbocycles. The Morgan fingerprint density at radius 2 is 2.00 bits per heavy atom. The molecule has 0 radical (unpaired) electrons. The smallest absolute Gasteiger partial charge is 0.268 e. The third-order valence-electron chi connectivity index (χ3n) is 5.07. The van der Waals surface area contributed by atoms with Gasteiger partial charge in [0, 0.05) is 11.9 Å². The summed E-state index contributed by atoms with van der Waals surface area (Å²) < 4.78 is 19.5. The van der Waals surface area contributed by atoms with E-state index >= 15 is 0 Å². The van der Waals surface area contributed by atoms with Crippen LogP contribution in [-0.2, 0) is 11.3 Å². The Morgan fingerprint density at radius 1 is 1.17 bits per heavy atom. The second kappa shape index (κ2) is 11.2. The van der Waals surface area contributed by atoms with Gasteiger partial charge in [-0.2, -0.15) is 5.26 Å². The van der Waals surface area contributed by atoms with E-state index in [1.165, 1.54) is 11.3 Å². The first-order chi connectivity index (χ1) is 17.1. The van der Waals surface area contributed by atoms with Crippen LogP contribution in [-0.4, -0.2) is 35.8 Å². The number of para-hydroxylation sites is 2. The first-order valence-corrected chi connectivity index (χ1v) is 11.8. The highest BCUT2D eigenvalue weighted by Crippen LogP contribution is 2.30. The molecule has 0 spiro atoms. The molecule has 0 saturated heterocycles.